The maximum Gasteiger partial charge on any atom is 0.210 e. The molecule has 33 heavy (non-hydrogen) atoms. The van der Waals surface area contributed by atoms with Crippen LogP contribution >= 0.6 is 0 Å². The minimum Gasteiger partial charge on any atom is -0.497 e. The average molecular weight is 441 g/mol. The molecular weight excluding hydrogens is 418 g/mol. The van der Waals surface area contributed by atoms with Crippen molar-refractivity contribution in [2.75, 3.05) is 7.11 Å². The van der Waals surface area contributed by atoms with Crippen molar-refractivity contribution in [1.29, 1.82) is 0 Å². The number of Topliss-reactive ketones (excluding diaryl/α,β-unsaturated/α-hetero) is 1. The van der Waals surface area contributed by atoms with Gasteiger partial charge in [0.25, 0.3) is 0 Å². The van der Waals surface area contributed by atoms with Crippen LogP contribution in [0.2, 0.25) is 0 Å². The highest BCUT2D eigenvalue weighted by Crippen LogP contribution is 2.41. The molecular formula is C26H23N3O4. The van der Waals surface area contributed by atoms with E-state index in [0.717, 1.165) is 28.2 Å². The van der Waals surface area contributed by atoms with E-state index in [1.54, 1.807) is 33.4 Å². The van der Waals surface area contributed by atoms with Crippen LogP contribution in [0, 0.1) is 0 Å². The molecule has 5 rings (SSSR count). The molecule has 3 aromatic heterocycles. The van der Waals surface area contributed by atoms with Crippen molar-refractivity contribution >= 4 is 22.8 Å². The number of carbonyl (C=O) groups excluding carboxylic acids is 1. The molecule has 0 radical (unpaired) electrons. The quantitative estimate of drug-likeness (QED) is 0.437. The lowest BCUT2D eigenvalue weighted by molar-refractivity contribution is -0.125. The third kappa shape index (κ3) is 3.93. The molecule has 0 N–H and O–H groups in total. The SMILES string of the molecule is COc1ccn2cc(COc3ccc(C4=C(c5ccncc5)OC(C)(C)C4=O)cc3)nc2c1. The molecule has 4 aromatic rings. The largest absolute Gasteiger partial charge is 0.497 e. The summed E-state index contributed by atoms with van der Waals surface area (Å²) in [6.45, 7) is 3.89. The van der Waals surface area contributed by atoms with Crippen LogP contribution in [0.5, 0.6) is 11.5 Å². The second-order valence-corrected chi connectivity index (χ2v) is 8.26. The molecule has 166 valence electrons. The van der Waals surface area contributed by atoms with E-state index in [1.807, 2.05) is 65.3 Å². The first-order chi connectivity index (χ1) is 15.9. The molecule has 1 aromatic carbocycles. The molecule has 0 atom stereocenters. The number of carbonyl (C=O) groups is 1. The predicted octanol–water partition coefficient (Wildman–Crippen LogP) is 4.56. The third-order valence-electron chi connectivity index (χ3n) is 5.55. The number of ketones is 1. The number of pyridine rings is 2. The van der Waals surface area contributed by atoms with E-state index in [1.165, 1.54) is 0 Å². The lowest BCUT2D eigenvalue weighted by atomic mass is 9.93. The summed E-state index contributed by atoms with van der Waals surface area (Å²) in [5.74, 6) is 1.96. The van der Waals surface area contributed by atoms with E-state index < -0.39 is 5.60 Å². The summed E-state index contributed by atoms with van der Waals surface area (Å²) < 4.78 is 19.1. The van der Waals surface area contributed by atoms with Gasteiger partial charge in [0.05, 0.1) is 18.4 Å². The fourth-order valence-electron chi connectivity index (χ4n) is 3.81. The van der Waals surface area contributed by atoms with Gasteiger partial charge in [0, 0.05) is 36.4 Å². The summed E-state index contributed by atoms with van der Waals surface area (Å²) in [5, 5.41) is 0. The summed E-state index contributed by atoms with van der Waals surface area (Å²) in [5.41, 5.74) is 2.84. The molecule has 7 nitrogen and oxygen atoms in total. The molecule has 0 aliphatic carbocycles. The third-order valence-corrected chi connectivity index (χ3v) is 5.55. The van der Waals surface area contributed by atoms with Crippen LogP contribution in [0.15, 0.2) is 73.3 Å². The average Bonchev–Trinajstić information content (AvgIpc) is 3.35. The minimum absolute atomic E-state index is 0.0527. The Kier molecular flexibility index (Phi) is 5.09. The van der Waals surface area contributed by atoms with Crippen LogP contribution in [0.4, 0.5) is 0 Å². The molecule has 7 heteroatoms. The van der Waals surface area contributed by atoms with Gasteiger partial charge in [-0.05, 0) is 49.7 Å². The van der Waals surface area contributed by atoms with Crippen LogP contribution < -0.4 is 9.47 Å². The van der Waals surface area contributed by atoms with E-state index in [4.69, 9.17) is 14.2 Å². The lowest BCUT2D eigenvalue weighted by Gasteiger charge is -2.17. The maximum absolute atomic E-state index is 13.1. The predicted molar refractivity (Wildman–Crippen MR) is 124 cm³/mol. The number of hydrogen-bond acceptors (Lipinski definition) is 6. The summed E-state index contributed by atoms with van der Waals surface area (Å²) in [7, 11) is 1.63. The van der Waals surface area contributed by atoms with E-state index in [0.29, 0.717) is 23.7 Å². The van der Waals surface area contributed by atoms with Crippen molar-refractivity contribution < 1.29 is 19.0 Å². The highest BCUT2D eigenvalue weighted by atomic mass is 16.5. The number of ether oxygens (including phenoxy) is 3. The van der Waals surface area contributed by atoms with E-state index >= 15 is 0 Å². The molecule has 4 heterocycles. The first-order valence-corrected chi connectivity index (χ1v) is 10.6. The number of nitrogens with zero attached hydrogens (tertiary/aromatic N) is 3. The summed E-state index contributed by atoms with van der Waals surface area (Å²) >= 11 is 0. The molecule has 0 saturated heterocycles. The molecule has 1 aliphatic rings. The van der Waals surface area contributed by atoms with Crippen molar-refractivity contribution in [3.8, 4) is 11.5 Å². The number of hydrogen-bond donors (Lipinski definition) is 0. The Morgan fingerprint density at radius 3 is 2.48 bits per heavy atom. The molecule has 0 bridgehead atoms. The van der Waals surface area contributed by atoms with Crippen LogP contribution in [0.3, 0.4) is 0 Å². The van der Waals surface area contributed by atoms with Gasteiger partial charge in [-0.2, -0.15) is 0 Å². The summed E-state index contributed by atoms with van der Waals surface area (Å²) in [4.78, 5) is 21.7. The molecule has 0 unspecified atom stereocenters. The Balaban J connectivity index is 1.37. The van der Waals surface area contributed by atoms with Crippen LogP contribution in [0.25, 0.3) is 17.0 Å². The highest BCUT2D eigenvalue weighted by molar-refractivity contribution is 6.32. The van der Waals surface area contributed by atoms with Gasteiger partial charge in [-0.3, -0.25) is 9.78 Å². The van der Waals surface area contributed by atoms with Crippen molar-refractivity contribution in [3.63, 3.8) is 0 Å². The van der Waals surface area contributed by atoms with E-state index in [-0.39, 0.29) is 5.78 Å². The number of imidazole rings is 1. The zero-order chi connectivity index (χ0) is 23.0. The van der Waals surface area contributed by atoms with Gasteiger partial charge in [0.15, 0.2) is 5.60 Å². The Labute approximate surface area is 191 Å². The van der Waals surface area contributed by atoms with Crippen molar-refractivity contribution in [3.05, 3.63) is 90.1 Å². The van der Waals surface area contributed by atoms with Gasteiger partial charge in [-0.25, -0.2) is 4.98 Å². The number of fused-ring (bicyclic) bond motifs is 1. The van der Waals surface area contributed by atoms with Gasteiger partial charge < -0.3 is 18.6 Å². The Bertz CT molecular complexity index is 1360. The number of benzene rings is 1. The normalized spacial score (nSPS) is 15.1. The zero-order valence-corrected chi connectivity index (χ0v) is 18.6. The van der Waals surface area contributed by atoms with E-state index in [9.17, 15) is 4.79 Å². The molecule has 0 spiro atoms. The number of rotatable bonds is 6. The fraction of sp³-hybridized carbons (Fsp3) is 0.192. The smallest absolute Gasteiger partial charge is 0.210 e. The Morgan fingerprint density at radius 2 is 1.76 bits per heavy atom. The second kappa shape index (κ2) is 8.09. The van der Waals surface area contributed by atoms with Gasteiger partial charge >= 0.3 is 0 Å². The standard InChI is InChI=1S/C26H23N3O4/c1-26(2)25(30)23(24(33-26)18-8-11-27-12-9-18)17-4-6-20(7-5-17)32-16-19-15-29-13-10-21(31-3)14-22(29)28-19/h4-15H,16H2,1-3H3. The minimum atomic E-state index is -0.922. The van der Waals surface area contributed by atoms with Crippen molar-refractivity contribution in [2.45, 2.75) is 26.1 Å². The summed E-state index contributed by atoms with van der Waals surface area (Å²) in [6, 6.07) is 14.9. The first-order valence-electron chi connectivity index (χ1n) is 10.6. The lowest BCUT2D eigenvalue weighted by Crippen LogP contribution is -2.29. The summed E-state index contributed by atoms with van der Waals surface area (Å²) in [6.07, 6.45) is 7.19. The van der Waals surface area contributed by atoms with Crippen molar-refractivity contribution in [1.82, 2.24) is 14.4 Å². The Hall–Kier alpha value is -4.13. The monoisotopic (exact) mass is 441 g/mol. The number of methoxy groups -OCH3 is 1. The molecule has 0 saturated carbocycles. The molecule has 0 fully saturated rings. The van der Waals surface area contributed by atoms with Gasteiger partial charge in [0.1, 0.15) is 29.5 Å². The van der Waals surface area contributed by atoms with Gasteiger partial charge in [-0.1, -0.05) is 12.1 Å². The first kappa shape index (κ1) is 20.8. The van der Waals surface area contributed by atoms with Gasteiger partial charge in [-0.15, -0.1) is 0 Å². The van der Waals surface area contributed by atoms with Crippen LogP contribution in [0.1, 0.15) is 30.7 Å². The highest BCUT2D eigenvalue weighted by Gasteiger charge is 2.42. The topological polar surface area (TPSA) is 75.0 Å². The maximum atomic E-state index is 13.1. The second-order valence-electron chi connectivity index (χ2n) is 8.26. The zero-order valence-electron chi connectivity index (χ0n) is 18.6. The van der Waals surface area contributed by atoms with Crippen LogP contribution in [-0.2, 0) is 16.1 Å². The van der Waals surface area contributed by atoms with Crippen molar-refractivity contribution in [2.24, 2.45) is 0 Å². The number of aromatic nitrogens is 3. The molecule has 0 amide bonds. The Morgan fingerprint density at radius 1 is 1.00 bits per heavy atom. The van der Waals surface area contributed by atoms with E-state index in [2.05, 4.69) is 9.97 Å². The molecule has 1 aliphatic heterocycles. The van der Waals surface area contributed by atoms with Gasteiger partial charge in [0.2, 0.25) is 5.78 Å². The fourth-order valence-corrected chi connectivity index (χ4v) is 3.81. The van der Waals surface area contributed by atoms with Crippen LogP contribution in [-0.4, -0.2) is 32.9 Å².